The summed E-state index contributed by atoms with van der Waals surface area (Å²) >= 11 is 0. The third kappa shape index (κ3) is 3.28. The normalized spacial score (nSPS) is 11.7. The molecule has 1 unspecified atom stereocenters. The molecule has 1 aromatic heterocycles. The van der Waals surface area contributed by atoms with E-state index < -0.39 is 0 Å². The van der Waals surface area contributed by atoms with E-state index in [0.29, 0.717) is 5.88 Å². The monoisotopic (exact) mass is 315 g/mol. The van der Waals surface area contributed by atoms with Crippen LogP contribution in [0.4, 0.5) is 5.88 Å². The minimum Gasteiger partial charge on any atom is -1.00 e. The van der Waals surface area contributed by atoms with Gasteiger partial charge in [-0.1, -0.05) is 48.5 Å². The first kappa shape index (κ1) is 16.0. The molecular weight excluding hydrogens is 298 g/mol. The molecule has 0 spiro atoms. The molecule has 0 aliphatic carbocycles. The molecule has 1 atom stereocenters. The zero-order chi connectivity index (χ0) is 14.7. The predicted octanol–water partition coefficient (Wildman–Crippen LogP) is 0.0190. The summed E-state index contributed by atoms with van der Waals surface area (Å²) in [4.78, 5) is 0. The van der Waals surface area contributed by atoms with E-state index in [9.17, 15) is 0 Å². The van der Waals surface area contributed by atoms with Crippen molar-refractivity contribution in [1.82, 2.24) is 5.27 Å². The van der Waals surface area contributed by atoms with Gasteiger partial charge in [-0.15, -0.1) is 0 Å². The summed E-state index contributed by atoms with van der Waals surface area (Å²) in [6.45, 7) is 2.11. The van der Waals surface area contributed by atoms with E-state index in [0.717, 1.165) is 17.7 Å². The highest BCUT2D eigenvalue weighted by molar-refractivity contribution is 5.64. The van der Waals surface area contributed by atoms with Crippen LogP contribution in [0.15, 0.2) is 65.2 Å². The molecule has 0 aliphatic rings. The molecule has 0 saturated carbocycles. The minimum atomic E-state index is 0. The average molecular weight is 316 g/mol. The standard InChI is InChI=1S/C17H18N3O.ClH/c1-13(12-14-8-4-2-5-9-14)20-16(17(18)21-19-20)15-10-6-3-7-11-15;/h2-11,13H,12,18H2,1H3;1H/q+1;/p-1. The van der Waals surface area contributed by atoms with Crippen molar-refractivity contribution in [2.24, 2.45) is 0 Å². The van der Waals surface area contributed by atoms with Crippen molar-refractivity contribution < 1.29 is 21.6 Å². The summed E-state index contributed by atoms with van der Waals surface area (Å²) in [7, 11) is 0. The highest BCUT2D eigenvalue weighted by Crippen LogP contribution is 2.23. The summed E-state index contributed by atoms with van der Waals surface area (Å²) in [5.41, 5.74) is 9.06. The van der Waals surface area contributed by atoms with E-state index in [2.05, 4.69) is 24.3 Å². The van der Waals surface area contributed by atoms with Crippen LogP contribution < -0.4 is 22.8 Å². The zero-order valence-electron chi connectivity index (χ0n) is 12.3. The highest BCUT2D eigenvalue weighted by Gasteiger charge is 2.29. The van der Waals surface area contributed by atoms with E-state index >= 15 is 0 Å². The molecule has 2 N–H and O–H groups in total. The largest absolute Gasteiger partial charge is 1.00 e. The Balaban J connectivity index is 0.00000176. The lowest BCUT2D eigenvalue weighted by atomic mass is 10.1. The van der Waals surface area contributed by atoms with Crippen molar-refractivity contribution in [3.05, 3.63) is 66.2 Å². The number of nitrogens with two attached hydrogens (primary N) is 1. The van der Waals surface area contributed by atoms with Crippen molar-refractivity contribution in [1.29, 1.82) is 0 Å². The van der Waals surface area contributed by atoms with Crippen LogP contribution in [-0.2, 0) is 6.42 Å². The van der Waals surface area contributed by atoms with Crippen LogP contribution in [0.2, 0.25) is 0 Å². The molecule has 0 fully saturated rings. The number of hydrogen-bond acceptors (Lipinski definition) is 3. The molecule has 3 rings (SSSR count). The Morgan fingerprint density at radius 1 is 1.05 bits per heavy atom. The zero-order valence-corrected chi connectivity index (χ0v) is 13.1. The number of rotatable bonds is 4. The molecule has 3 aromatic rings. The van der Waals surface area contributed by atoms with Crippen molar-refractivity contribution in [2.75, 3.05) is 5.73 Å². The van der Waals surface area contributed by atoms with E-state index in [1.165, 1.54) is 5.56 Å². The quantitative estimate of drug-likeness (QED) is 0.691. The van der Waals surface area contributed by atoms with Crippen LogP contribution in [0.3, 0.4) is 0 Å². The van der Waals surface area contributed by atoms with Crippen LogP contribution in [0.5, 0.6) is 0 Å². The number of aromatic nitrogens is 2. The molecule has 4 nitrogen and oxygen atoms in total. The predicted molar refractivity (Wildman–Crippen MR) is 81.4 cm³/mol. The van der Waals surface area contributed by atoms with E-state index in [1.54, 1.807) is 0 Å². The first-order valence-electron chi connectivity index (χ1n) is 7.02. The second-order valence-electron chi connectivity index (χ2n) is 5.14. The van der Waals surface area contributed by atoms with Gasteiger partial charge >= 0.3 is 11.6 Å². The molecule has 114 valence electrons. The second kappa shape index (κ2) is 7.09. The summed E-state index contributed by atoms with van der Waals surface area (Å²) < 4.78 is 7.06. The van der Waals surface area contributed by atoms with Gasteiger partial charge in [0.25, 0.3) is 0 Å². The number of anilines is 1. The number of nitrogens with zero attached hydrogens (tertiary/aromatic N) is 2. The van der Waals surface area contributed by atoms with Crippen LogP contribution in [0, 0.1) is 0 Å². The fourth-order valence-corrected chi connectivity index (χ4v) is 2.50. The Morgan fingerprint density at radius 3 is 2.27 bits per heavy atom. The van der Waals surface area contributed by atoms with E-state index in [4.69, 9.17) is 10.3 Å². The maximum absolute atomic E-state index is 5.95. The van der Waals surface area contributed by atoms with Gasteiger partial charge in [0.2, 0.25) is 5.27 Å². The maximum atomic E-state index is 5.95. The Labute approximate surface area is 135 Å². The van der Waals surface area contributed by atoms with E-state index in [-0.39, 0.29) is 18.4 Å². The van der Waals surface area contributed by atoms with Crippen molar-refractivity contribution in [3.63, 3.8) is 0 Å². The van der Waals surface area contributed by atoms with Gasteiger partial charge in [0.1, 0.15) is 0 Å². The lowest BCUT2D eigenvalue weighted by Crippen LogP contribution is -3.00. The molecule has 0 amide bonds. The summed E-state index contributed by atoms with van der Waals surface area (Å²) in [5, 5.41) is 4.10. The molecule has 0 aliphatic heterocycles. The molecule has 1 heterocycles. The van der Waals surface area contributed by atoms with E-state index in [1.807, 2.05) is 53.2 Å². The molecule has 22 heavy (non-hydrogen) atoms. The molecule has 0 bridgehead atoms. The fraction of sp³-hybridized carbons (Fsp3) is 0.176. The second-order valence-corrected chi connectivity index (χ2v) is 5.14. The Morgan fingerprint density at radius 2 is 1.64 bits per heavy atom. The molecule has 5 heteroatoms. The number of halogens is 1. The summed E-state index contributed by atoms with van der Waals surface area (Å²) in [6, 6.07) is 20.4. The molecule has 0 saturated heterocycles. The SMILES string of the molecule is CC(Cc1ccccc1)[n+]1noc(N)c1-c1ccccc1.[Cl-]. The Kier molecular flexibility index (Phi) is 5.17. The van der Waals surface area contributed by atoms with Gasteiger partial charge in [-0.2, -0.15) is 0 Å². The number of benzene rings is 2. The first-order valence-corrected chi connectivity index (χ1v) is 7.02. The van der Waals surface area contributed by atoms with Crippen LogP contribution in [0.1, 0.15) is 18.5 Å². The van der Waals surface area contributed by atoms with Crippen LogP contribution >= 0.6 is 0 Å². The number of nitrogen functional groups attached to an aromatic ring is 1. The van der Waals surface area contributed by atoms with Crippen molar-refractivity contribution in [3.8, 4) is 11.3 Å². The molecule has 2 aromatic carbocycles. The minimum absolute atomic E-state index is 0. The van der Waals surface area contributed by atoms with Crippen LogP contribution in [0.25, 0.3) is 11.3 Å². The smallest absolute Gasteiger partial charge is 0.304 e. The molecular formula is C17H18ClN3O. The number of hydrogen-bond donors (Lipinski definition) is 1. The lowest BCUT2D eigenvalue weighted by Gasteiger charge is -2.04. The van der Waals surface area contributed by atoms with Gasteiger partial charge in [-0.3, -0.25) is 4.52 Å². The van der Waals surface area contributed by atoms with Crippen LogP contribution in [-0.4, -0.2) is 5.27 Å². The van der Waals surface area contributed by atoms with Crippen molar-refractivity contribution >= 4 is 5.88 Å². The van der Waals surface area contributed by atoms with Gasteiger partial charge in [-0.25, -0.2) is 0 Å². The van der Waals surface area contributed by atoms with Crippen molar-refractivity contribution in [2.45, 2.75) is 19.4 Å². The third-order valence-corrected chi connectivity index (χ3v) is 3.53. The van der Waals surface area contributed by atoms with Gasteiger partial charge in [0, 0.05) is 13.3 Å². The average Bonchev–Trinajstić information content (AvgIpc) is 2.91. The first-order chi connectivity index (χ1) is 10.3. The maximum Gasteiger partial charge on any atom is 0.304 e. The topological polar surface area (TPSA) is 55.9 Å². The Bertz CT molecular complexity index is 713. The highest BCUT2D eigenvalue weighted by atomic mass is 35.5. The third-order valence-electron chi connectivity index (χ3n) is 3.53. The summed E-state index contributed by atoms with van der Waals surface area (Å²) in [5.74, 6) is 0.348. The van der Waals surface area contributed by atoms with Gasteiger partial charge in [-0.05, 0) is 22.4 Å². The van der Waals surface area contributed by atoms with Gasteiger partial charge in [0.15, 0.2) is 6.04 Å². The fourth-order valence-electron chi connectivity index (χ4n) is 2.50. The molecule has 0 radical (unpaired) electrons. The van der Waals surface area contributed by atoms with Gasteiger partial charge in [0.05, 0.1) is 5.56 Å². The lowest BCUT2D eigenvalue weighted by molar-refractivity contribution is -0.772. The summed E-state index contributed by atoms with van der Waals surface area (Å²) in [6.07, 6.45) is 0.872. The van der Waals surface area contributed by atoms with Gasteiger partial charge < -0.3 is 18.1 Å². The Hall–Kier alpha value is -2.33.